The van der Waals surface area contributed by atoms with E-state index in [1.165, 1.54) is 0 Å². The van der Waals surface area contributed by atoms with Crippen LogP contribution >= 0.6 is 0 Å². The van der Waals surface area contributed by atoms with E-state index in [0.29, 0.717) is 29.8 Å². The van der Waals surface area contributed by atoms with Crippen molar-refractivity contribution in [2.24, 2.45) is 0 Å². The topological polar surface area (TPSA) is 78.9 Å². The lowest BCUT2D eigenvalue weighted by atomic mass is 10.1. The summed E-state index contributed by atoms with van der Waals surface area (Å²) >= 11 is 0. The van der Waals surface area contributed by atoms with Crippen molar-refractivity contribution in [2.75, 3.05) is 11.1 Å². The Labute approximate surface area is 124 Å². The lowest BCUT2D eigenvalue weighted by molar-refractivity contribution is -0.116. The average Bonchev–Trinajstić information content (AvgIpc) is 2.45. The second kappa shape index (κ2) is 6.58. The van der Waals surface area contributed by atoms with Crippen LogP contribution < -0.4 is 11.1 Å². The number of carbonyl (C=O) groups is 1. The van der Waals surface area contributed by atoms with Crippen molar-refractivity contribution in [1.82, 2.24) is 0 Å². The lowest BCUT2D eigenvalue weighted by Gasteiger charge is -2.09. The number of anilines is 2. The van der Waals surface area contributed by atoms with Crippen molar-refractivity contribution in [3.05, 3.63) is 59.2 Å². The summed E-state index contributed by atoms with van der Waals surface area (Å²) < 4.78 is 0. The fourth-order valence-electron chi connectivity index (χ4n) is 2.14. The maximum absolute atomic E-state index is 12.0. The highest BCUT2D eigenvalue weighted by Crippen LogP contribution is 2.18. The minimum atomic E-state index is -0.112. The summed E-state index contributed by atoms with van der Waals surface area (Å²) in [5.74, 6) is -0.112. The fraction of sp³-hybridized carbons (Fsp3) is 0.176. The van der Waals surface area contributed by atoms with Gasteiger partial charge in [0.1, 0.15) is 6.07 Å². The van der Waals surface area contributed by atoms with Crippen LogP contribution in [-0.2, 0) is 11.2 Å². The summed E-state index contributed by atoms with van der Waals surface area (Å²) in [6.07, 6.45) is 0.965. The van der Waals surface area contributed by atoms with Gasteiger partial charge in [-0.25, -0.2) is 0 Å². The second-order valence-corrected chi connectivity index (χ2v) is 4.90. The van der Waals surface area contributed by atoms with Gasteiger partial charge in [-0.3, -0.25) is 4.79 Å². The molecule has 106 valence electrons. The molecule has 2 rings (SSSR count). The number of amides is 1. The normalized spacial score (nSPS) is 9.90. The Kier molecular flexibility index (Phi) is 4.57. The first-order valence-corrected chi connectivity index (χ1v) is 6.74. The molecule has 2 aromatic carbocycles. The highest BCUT2D eigenvalue weighted by atomic mass is 16.1. The molecule has 0 radical (unpaired) electrons. The first-order chi connectivity index (χ1) is 10.1. The zero-order chi connectivity index (χ0) is 15.2. The summed E-state index contributed by atoms with van der Waals surface area (Å²) in [7, 11) is 0. The van der Waals surface area contributed by atoms with Crippen molar-refractivity contribution >= 4 is 17.3 Å². The van der Waals surface area contributed by atoms with Crippen LogP contribution in [0.4, 0.5) is 11.4 Å². The van der Waals surface area contributed by atoms with Gasteiger partial charge in [0.15, 0.2) is 0 Å². The Morgan fingerprint density at radius 2 is 2.05 bits per heavy atom. The van der Waals surface area contributed by atoms with Crippen molar-refractivity contribution in [1.29, 1.82) is 5.26 Å². The van der Waals surface area contributed by atoms with E-state index in [1.54, 1.807) is 6.07 Å². The fourth-order valence-corrected chi connectivity index (χ4v) is 2.14. The molecule has 0 aliphatic rings. The van der Waals surface area contributed by atoms with E-state index in [2.05, 4.69) is 11.4 Å². The molecule has 2 aromatic rings. The largest absolute Gasteiger partial charge is 0.399 e. The lowest BCUT2D eigenvalue weighted by Crippen LogP contribution is -2.13. The smallest absolute Gasteiger partial charge is 0.224 e. The summed E-state index contributed by atoms with van der Waals surface area (Å²) in [6.45, 7) is 1.85. The van der Waals surface area contributed by atoms with Gasteiger partial charge in [-0.15, -0.1) is 0 Å². The van der Waals surface area contributed by atoms with E-state index in [9.17, 15) is 4.79 Å². The minimum absolute atomic E-state index is 0.112. The van der Waals surface area contributed by atoms with E-state index in [-0.39, 0.29) is 5.91 Å². The van der Waals surface area contributed by atoms with Crippen LogP contribution in [0.15, 0.2) is 42.5 Å². The monoisotopic (exact) mass is 279 g/mol. The molecule has 0 saturated carbocycles. The molecule has 4 nitrogen and oxygen atoms in total. The number of hydrogen-bond acceptors (Lipinski definition) is 3. The standard InChI is InChI=1S/C17H17N3O/c1-12-4-2-7-16(15(12)11-18)20-17(21)9-8-13-5-3-6-14(19)10-13/h2-7,10H,8-9,19H2,1H3,(H,20,21). The van der Waals surface area contributed by atoms with E-state index in [4.69, 9.17) is 11.0 Å². The van der Waals surface area contributed by atoms with Gasteiger partial charge < -0.3 is 11.1 Å². The SMILES string of the molecule is Cc1cccc(NC(=O)CCc2cccc(N)c2)c1C#N. The van der Waals surface area contributed by atoms with Crippen LogP contribution in [0.2, 0.25) is 0 Å². The summed E-state index contributed by atoms with van der Waals surface area (Å²) in [6, 6.07) is 15.0. The zero-order valence-corrected chi connectivity index (χ0v) is 11.9. The molecule has 0 atom stereocenters. The van der Waals surface area contributed by atoms with Crippen LogP contribution in [0.3, 0.4) is 0 Å². The molecular weight excluding hydrogens is 262 g/mol. The number of nitrogens with zero attached hydrogens (tertiary/aromatic N) is 1. The molecular formula is C17H17N3O. The number of nitrogens with two attached hydrogens (primary N) is 1. The molecule has 0 bridgehead atoms. The van der Waals surface area contributed by atoms with Crippen LogP contribution in [-0.4, -0.2) is 5.91 Å². The predicted octanol–water partition coefficient (Wildman–Crippen LogP) is 3.02. The number of nitrogen functional groups attached to an aromatic ring is 1. The number of rotatable bonds is 4. The van der Waals surface area contributed by atoms with E-state index < -0.39 is 0 Å². The van der Waals surface area contributed by atoms with Gasteiger partial charge in [0.2, 0.25) is 5.91 Å². The van der Waals surface area contributed by atoms with Gasteiger partial charge >= 0.3 is 0 Å². The molecule has 0 saturated heterocycles. The molecule has 0 spiro atoms. The van der Waals surface area contributed by atoms with Gasteiger partial charge in [-0.1, -0.05) is 24.3 Å². The Bertz CT molecular complexity index is 701. The molecule has 0 aromatic heterocycles. The van der Waals surface area contributed by atoms with Crippen molar-refractivity contribution in [2.45, 2.75) is 19.8 Å². The van der Waals surface area contributed by atoms with Crippen molar-refractivity contribution < 1.29 is 4.79 Å². The number of nitriles is 1. The third-order valence-corrected chi connectivity index (χ3v) is 3.25. The van der Waals surface area contributed by atoms with Crippen LogP contribution in [0.1, 0.15) is 23.1 Å². The van der Waals surface area contributed by atoms with E-state index >= 15 is 0 Å². The Morgan fingerprint density at radius 3 is 2.76 bits per heavy atom. The van der Waals surface area contributed by atoms with Gasteiger partial charge in [-0.05, 0) is 42.7 Å². The van der Waals surface area contributed by atoms with Gasteiger partial charge in [0, 0.05) is 12.1 Å². The number of hydrogen-bond donors (Lipinski definition) is 2. The Hall–Kier alpha value is -2.80. The first-order valence-electron chi connectivity index (χ1n) is 6.74. The van der Waals surface area contributed by atoms with E-state index in [1.807, 2.05) is 43.3 Å². The molecule has 3 N–H and O–H groups in total. The maximum atomic E-state index is 12.0. The maximum Gasteiger partial charge on any atom is 0.224 e. The third kappa shape index (κ3) is 3.83. The van der Waals surface area contributed by atoms with Gasteiger partial charge in [0.05, 0.1) is 11.3 Å². The molecule has 0 aliphatic heterocycles. The van der Waals surface area contributed by atoms with Gasteiger partial charge in [0.25, 0.3) is 0 Å². The zero-order valence-electron chi connectivity index (χ0n) is 11.9. The van der Waals surface area contributed by atoms with Crippen LogP contribution in [0, 0.1) is 18.3 Å². The molecule has 0 heterocycles. The quantitative estimate of drug-likeness (QED) is 0.844. The number of aryl methyl sites for hydroxylation is 2. The molecule has 21 heavy (non-hydrogen) atoms. The number of nitrogens with one attached hydrogen (secondary N) is 1. The highest BCUT2D eigenvalue weighted by Gasteiger charge is 2.08. The average molecular weight is 279 g/mol. The third-order valence-electron chi connectivity index (χ3n) is 3.25. The summed E-state index contributed by atoms with van der Waals surface area (Å²) in [4.78, 5) is 12.0. The highest BCUT2D eigenvalue weighted by molar-refractivity contribution is 5.92. The Balaban J connectivity index is 2.00. The number of benzene rings is 2. The minimum Gasteiger partial charge on any atom is -0.399 e. The van der Waals surface area contributed by atoms with Gasteiger partial charge in [-0.2, -0.15) is 5.26 Å². The first kappa shape index (κ1) is 14.6. The number of carbonyl (C=O) groups excluding carboxylic acids is 1. The van der Waals surface area contributed by atoms with E-state index in [0.717, 1.165) is 11.1 Å². The van der Waals surface area contributed by atoms with Crippen molar-refractivity contribution in [3.63, 3.8) is 0 Å². The molecule has 0 unspecified atom stereocenters. The molecule has 0 aliphatic carbocycles. The summed E-state index contributed by atoms with van der Waals surface area (Å²) in [5.41, 5.74) is 9.35. The second-order valence-electron chi connectivity index (χ2n) is 4.90. The predicted molar refractivity (Wildman–Crippen MR) is 83.7 cm³/mol. The summed E-state index contributed by atoms with van der Waals surface area (Å²) in [5, 5.41) is 11.9. The van der Waals surface area contributed by atoms with Crippen LogP contribution in [0.5, 0.6) is 0 Å². The molecule has 1 amide bonds. The van der Waals surface area contributed by atoms with Crippen LogP contribution in [0.25, 0.3) is 0 Å². The van der Waals surface area contributed by atoms with Crippen molar-refractivity contribution in [3.8, 4) is 6.07 Å². The molecule has 0 fully saturated rings. The molecule has 4 heteroatoms. The Morgan fingerprint density at radius 1 is 1.29 bits per heavy atom.